The first-order valence-electron chi connectivity index (χ1n) is 4.61. The molecular formula is C9H13N5. The molecule has 0 aliphatic carbocycles. The van der Waals surface area contributed by atoms with Gasteiger partial charge in [0.05, 0.1) is 5.54 Å². The molecule has 0 aliphatic rings. The lowest BCUT2D eigenvalue weighted by molar-refractivity contribution is 0.434. The Balaban J connectivity index is 2.64. The Morgan fingerprint density at radius 1 is 1.50 bits per heavy atom. The maximum Gasteiger partial charge on any atom is 0.177 e. The molecule has 0 fully saturated rings. The second-order valence-corrected chi connectivity index (χ2v) is 3.59. The van der Waals surface area contributed by atoms with Crippen molar-refractivity contribution in [3.8, 4) is 0 Å². The fourth-order valence-corrected chi connectivity index (χ4v) is 1.26. The highest BCUT2D eigenvalue weighted by Crippen LogP contribution is 2.18. The van der Waals surface area contributed by atoms with Gasteiger partial charge in [0.25, 0.3) is 0 Å². The van der Waals surface area contributed by atoms with Gasteiger partial charge in [0, 0.05) is 6.20 Å². The Hall–Kier alpha value is -1.49. The van der Waals surface area contributed by atoms with Gasteiger partial charge >= 0.3 is 0 Å². The Morgan fingerprint density at radius 2 is 2.29 bits per heavy atom. The molecule has 0 bridgehead atoms. The van der Waals surface area contributed by atoms with Gasteiger partial charge in [-0.15, -0.1) is 10.2 Å². The fraction of sp³-hybridized carbons (Fsp3) is 0.444. The van der Waals surface area contributed by atoms with Gasteiger partial charge in [0.2, 0.25) is 0 Å². The molecular weight excluding hydrogens is 178 g/mol. The van der Waals surface area contributed by atoms with E-state index in [1.54, 1.807) is 10.7 Å². The predicted molar refractivity (Wildman–Crippen MR) is 52.6 cm³/mol. The average Bonchev–Trinajstić information content (AvgIpc) is 2.61. The first-order valence-corrected chi connectivity index (χ1v) is 4.61. The van der Waals surface area contributed by atoms with Gasteiger partial charge in [0.1, 0.15) is 0 Å². The molecule has 1 atom stereocenters. The topological polar surface area (TPSA) is 69.1 Å². The van der Waals surface area contributed by atoms with E-state index < -0.39 is 5.54 Å². The highest BCUT2D eigenvalue weighted by molar-refractivity contribution is 5.35. The first kappa shape index (κ1) is 9.08. The highest BCUT2D eigenvalue weighted by atomic mass is 15.4. The first-order chi connectivity index (χ1) is 6.65. The second kappa shape index (κ2) is 3.02. The van der Waals surface area contributed by atoms with Gasteiger partial charge < -0.3 is 5.73 Å². The third-order valence-corrected chi connectivity index (χ3v) is 2.42. The maximum atomic E-state index is 6.08. The van der Waals surface area contributed by atoms with Crippen molar-refractivity contribution in [3.63, 3.8) is 0 Å². The van der Waals surface area contributed by atoms with Crippen LogP contribution in [0.15, 0.2) is 18.3 Å². The fourth-order valence-electron chi connectivity index (χ4n) is 1.26. The summed E-state index contributed by atoms with van der Waals surface area (Å²) in [7, 11) is 0. The van der Waals surface area contributed by atoms with Crippen molar-refractivity contribution in [2.24, 2.45) is 5.73 Å². The monoisotopic (exact) mass is 191 g/mol. The highest BCUT2D eigenvalue weighted by Gasteiger charge is 2.25. The largest absolute Gasteiger partial charge is 0.319 e. The number of nitrogens with two attached hydrogens (primary N) is 1. The minimum absolute atomic E-state index is 0.478. The third-order valence-electron chi connectivity index (χ3n) is 2.42. The number of aromatic nitrogens is 4. The summed E-state index contributed by atoms with van der Waals surface area (Å²) in [5.41, 5.74) is 6.34. The van der Waals surface area contributed by atoms with Crippen LogP contribution in [-0.2, 0) is 5.54 Å². The minimum atomic E-state index is -0.478. The molecule has 0 aliphatic heterocycles. The number of fused-ring (bicyclic) bond motifs is 1. The van der Waals surface area contributed by atoms with Crippen molar-refractivity contribution >= 4 is 5.65 Å². The molecule has 0 aromatic carbocycles. The summed E-state index contributed by atoms with van der Waals surface area (Å²) in [6.45, 7) is 3.95. The molecule has 2 aromatic rings. The molecule has 0 saturated carbocycles. The molecule has 0 spiro atoms. The third kappa shape index (κ3) is 1.26. The van der Waals surface area contributed by atoms with E-state index in [0.29, 0.717) is 5.82 Å². The van der Waals surface area contributed by atoms with E-state index in [2.05, 4.69) is 15.3 Å². The lowest BCUT2D eigenvalue weighted by Crippen LogP contribution is -2.34. The van der Waals surface area contributed by atoms with Crippen molar-refractivity contribution in [3.05, 3.63) is 24.2 Å². The van der Waals surface area contributed by atoms with E-state index >= 15 is 0 Å². The molecule has 74 valence electrons. The Bertz CT molecular complexity index is 445. The molecule has 0 saturated heterocycles. The van der Waals surface area contributed by atoms with E-state index in [9.17, 15) is 0 Å². The smallest absolute Gasteiger partial charge is 0.177 e. The zero-order valence-electron chi connectivity index (χ0n) is 8.31. The summed E-state index contributed by atoms with van der Waals surface area (Å²) in [4.78, 5) is 0. The minimum Gasteiger partial charge on any atom is -0.319 e. The van der Waals surface area contributed by atoms with Crippen molar-refractivity contribution < 1.29 is 0 Å². The van der Waals surface area contributed by atoms with Gasteiger partial charge in [-0.05, 0) is 25.5 Å². The van der Waals surface area contributed by atoms with Crippen LogP contribution in [0.25, 0.3) is 5.65 Å². The normalized spacial score (nSPS) is 15.6. The van der Waals surface area contributed by atoms with Crippen molar-refractivity contribution in [2.75, 3.05) is 0 Å². The lowest BCUT2D eigenvalue weighted by atomic mass is 10.00. The molecule has 0 radical (unpaired) electrons. The van der Waals surface area contributed by atoms with E-state index in [4.69, 9.17) is 5.73 Å². The Labute approximate surface area is 81.9 Å². The molecule has 14 heavy (non-hydrogen) atoms. The zero-order valence-corrected chi connectivity index (χ0v) is 8.31. The van der Waals surface area contributed by atoms with E-state index in [1.165, 1.54) is 0 Å². The zero-order chi connectivity index (χ0) is 10.2. The van der Waals surface area contributed by atoms with Crippen LogP contribution in [-0.4, -0.2) is 19.8 Å². The van der Waals surface area contributed by atoms with Crippen LogP contribution in [0.5, 0.6) is 0 Å². The van der Waals surface area contributed by atoms with Crippen LogP contribution in [0.4, 0.5) is 0 Å². The average molecular weight is 191 g/mol. The van der Waals surface area contributed by atoms with Gasteiger partial charge in [-0.2, -0.15) is 9.61 Å². The summed E-state index contributed by atoms with van der Waals surface area (Å²) in [5, 5.41) is 12.2. The van der Waals surface area contributed by atoms with Crippen molar-refractivity contribution in [1.82, 2.24) is 19.8 Å². The summed E-state index contributed by atoms with van der Waals surface area (Å²) in [6.07, 6.45) is 2.50. The van der Waals surface area contributed by atoms with Gasteiger partial charge in [-0.25, -0.2) is 0 Å². The summed E-state index contributed by atoms with van der Waals surface area (Å²) >= 11 is 0. The van der Waals surface area contributed by atoms with Crippen LogP contribution < -0.4 is 5.73 Å². The predicted octanol–water partition coefficient (Wildman–Crippen LogP) is 0.708. The summed E-state index contributed by atoms with van der Waals surface area (Å²) in [6, 6.07) is 3.68. The molecule has 0 amide bonds. The maximum absolute atomic E-state index is 6.08. The molecule has 1 unspecified atom stereocenters. The summed E-state index contributed by atoms with van der Waals surface area (Å²) in [5.74, 6) is 0.704. The lowest BCUT2D eigenvalue weighted by Gasteiger charge is -2.19. The SMILES string of the molecule is CCC(C)(N)c1nnc2cccnn12. The van der Waals surface area contributed by atoms with Crippen molar-refractivity contribution in [2.45, 2.75) is 25.8 Å². The van der Waals surface area contributed by atoms with Crippen LogP contribution in [0.2, 0.25) is 0 Å². The summed E-state index contributed by atoms with van der Waals surface area (Å²) < 4.78 is 1.68. The van der Waals surface area contributed by atoms with Crippen LogP contribution in [0.1, 0.15) is 26.1 Å². The van der Waals surface area contributed by atoms with Crippen LogP contribution >= 0.6 is 0 Å². The number of rotatable bonds is 2. The van der Waals surface area contributed by atoms with Crippen LogP contribution in [0.3, 0.4) is 0 Å². The van der Waals surface area contributed by atoms with E-state index in [1.807, 2.05) is 26.0 Å². The van der Waals surface area contributed by atoms with Gasteiger partial charge in [0.15, 0.2) is 11.5 Å². The number of nitrogens with zero attached hydrogens (tertiary/aromatic N) is 4. The molecule has 5 nitrogen and oxygen atoms in total. The number of hydrogen-bond acceptors (Lipinski definition) is 4. The Kier molecular flexibility index (Phi) is 1.96. The quantitative estimate of drug-likeness (QED) is 0.759. The van der Waals surface area contributed by atoms with Gasteiger partial charge in [-0.3, -0.25) is 0 Å². The molecule has 2 rings (SSSR count). The van der Waals surface area contributed by atoms with Crippen LogP contribution in [0, 0.1) is 0 Å². The molecule has 2 N–H and O–H groups in total. The van der Waals surface area contributed by atoms with E-state index in [0.717, 1.165) is 12.1 Å². The second-order valence-electron chi connectivity index (χ2n) is 3.59. The Morgan fingerprint density at radius 3 is 3.00 bits per heavy atom. The van der Waals surface area contributed by atoms with Gasteiger partial charge in [-0.1, -0.05) is 6.92 Å². The molecule has 2 heterocycles. The standard InChI is InChI=1S/C9H13N5/c1-3-9(2,10)8-13-12-7-5-4-6-11-14(7)8/h4-6H,3,10H2,1-2H3. The number of hydrogen-bond donors (Lipinski definition) is 1. The molecule has 5 heteroatoms. The molecule has 2 aromatic heterocycles. The van der Waals surface area contributed by atoms with E-state index in [-0.39, 0.29) is 0 Å². The van der Waals surface area contributed by atoms with Crippen molar-refractivity contribution in [1.29, 1.82) is 0 Å².